The molecule has 0 unspecified atom stereocenters. The summed E-state index contributed by atoms with van der Waals surface area (Å²) >= 11 is 1.60. The summed E-state index contributed by atoms with van der Waals surface area (Å²) in [5, 5.41) is 1.99. The van der Waals surface area contributed by atoms with Crippen molar-refractivity contribution < 1.29 is 9.53 Å². The molecule has 5 heteroatoms. The summed E-state index contributed by atoms with van der Waals surface area (Å²) in [5.74, 6) is -0.342. The zero-order valence-corrected chi connectivity index (χ0v) is 11.5. The van der Waals surface area contributed by atoms with E-state index in [4.69, 9.17) is 5.73 Å². The number of benzene rings is 1. The molecule has 0 saturated carbocycles. The van der Waals surface area contributed by atoms with Gasteiger partial charge in [0, 0.05) is 4.88 Å². The topological polar surface area (TPSA) is 52.3 Å². The van der Waals surface area contributed by atoms with Crippen molar-refractivity contribution in [3.63, 3.8) is 0 Å². The normalized spacial score (nSPS) is 11.4. The lowest BCUT2D eigenvalue weighted by atomic mass is 10.0. The van der Waals surface area contributed by atoms with Crippen LogP contribution in [0.1, 0.15) is 26.8 Å². The SMILES string of the molecule is COC(=O)c1cccc([C@H](N)c2cccs2)c1.Cl. The van der Waals surface area contributed by atoms with Crippen molar-refractivity contribution in [1.29, 1.82) is 0 Å². The lowest BCUT2D eigenvalue weighted by Crippen LogP contribution is -2.11. The summed E-state index contributed by atoms with van der Waals surface area (Å²) in [6, 6.07) is 11.0. The second-order valence-electron chi connectivity index (χ2n) is 3.61. The van der Waals surface area contributed by atoms with Gasteiger partial charge in [-0.2, -0.15) is 0 Å². The third-order valence-electron chi connectivity index (χ3n) is 2.52. The van der Waals surface area contributed by atoms with Crippen molar-refractivity contribution in [2.75, 3.05) is 7.11 Å². The minimum absolute atomic E-state index is 0. The predicted octanol–water partition coefficient (Wildman–Crippen LogP) is 3.00. The Hall–Kier alpha value is -1.36. The Morgan fingerprint density at radius 1 is 1.33 bits per heavy atom. The molecule has 3 nitrogen and oxygen atoms in total. The molecule has 2 N–H and O–H groups in total. The van der Waals surface area contributed by atoms with Crippen molar-refractivity contribution in [1.82, 2.24) is 0 Å². The fourth-order valence-corrected chi connectivity index (χ4v) is 2.36. The van der Waals surface area contributed by atoms with Gasteiger partial charge in [-0.3, -0.25) is 0 Å². The number of carbonyl (C=O) groups is 1. The average molecular weight is 284 g/mol. The minimum Gasteiger partial charge on any atom is -0.465 e. The van der Waals surface area contributed by atoms with Crippen LogP contribution < -0.4 is 5.73 Å². The monoisotopic (exact) mass is 283 g/mol. The van der Waals surface area contributed by atoms with Crippen LogP contribution in [0.5, 0.6) is 0 Å². The Morgan fingerprint density at radius 2 is 2.11 bits per heavy atom. The van der Waals surface area contributed by atoms with E-state index >= 15 is 0 Å². The first kappa shape index (κ1) is 14.7. The molecule has 1 heterocycles. The summed E-state index contributed by atoms with van der Waals surface area (Å²) in [6.07, 6.45) is 0. The molecular weight excluding hydrogens is 270 g/mol. The maximum Gasteiger partial charge on any atom is 0.337 e. The van der Waals surface area contributed by atoms with Crippen LogP contribution in [-0.4, -0.2) is 13.1 Å². The lowest BCUT2D eigenvalue weighted by Gasteiger charge is -2.10. The number of nitrogens with two attached hydrogens (primary N) is 1. The number of hydrogen-bond donors (Lipinski definition) is 1. The summed E-state index contributed by atoms with van der Waals surface area (Å²) in [7, 11) is 1.37. The second kappa shape index (κ2) is 6.54. The highest BCUT2D eigenvalue weighted by molar-refractivity contribution is 7.10. The first-order valence-electron chi connectivity index (χ1n) is 5.19. The Labute approximate surface area is 116 Å². The van der Waals surface area contributed by atoms with Gasteiger partial charge in [-0.1, -0.05) is 18.2 Å². The third kappa shape index (κ3) is 3.10. The standard InChI is InChI=1S/C13H13NO2S.ClH/c1-16-13(15)10-5-2-4-9(8-10)12(14)11-6-3-7-17-11;/h2-8,12H,14H2,1H3;1H/t12-;/m0./s1. The number of ether oxygens (including phenoxy) is 1. The molecule has 1 aromatic carbocycles. The van der Waals surface area contributed by atoms with Gasteiger partial charge in [-0.05, 0) is 29.1 Å². The molecule has 0 saturated heterocycles. The lowest BCUT2D eigenvalue weighted by molar-refractivity contribution is 0.0600. The maximum atomic E-state index is 11.4. The summed E-state index contributed by atoms with van der Waals surface area (Å²) in [6.45, 7) is 0. The van der Waals surface area contributed by atoms with Gasteiger partial charge in [0.1, 0.15) is 0 Å². The van der Waals surface area contributed by atoms with E-state index in [1.54, 1.807) is 23.5 Å². The smallest absolute Gasteiger partial charge is 0.337 e. The number of esters is 1. The number of thiophene rings is 1. The maximum absolute atomic E-state index is 11.4. The number of methoxy groups -OCH3 is 1. The van der Waals surface area contributed by atoms with Crippen molar-refractivity contribution in [3.8, 4) is 0 Å². The highest BCUT2D eigenvalue weighted by atomic mass is 35.5. The van der Waals surface area contributed by atoms with Crippen LogP contribution in [0.3, 0.4) is 0 Å². The van der Waals surface area contributed by atoms with E-state index < -0.39 is 0 Å². The molecule has 18 heavy (non-hydrogen) atoms. The highest BCUT2D eigenvalue weighted by Gasteiger charge is 2.12. The fraction of sp³-hybridized carbons (Fsp3) is 0.154. The molecule has 0 aliphatic carbocycles. The van der Waals surface area contributed by atoms with Gasteiger partial charge in [0.25, 0.3) is 0 Å². The van der Waals surface area contributed by atoms with Crippen LogP contribution in [0.25, 0.3) is 0 Å². The molecular formula is C13H14ClNO2S. The van der Waals surface area contributed by atoms with E-state index in [2.05, 4.69) is 4.74 Å². The molecule has 0 radical (unpaired) electrons. The Bertz CT molecular complexity index is 513. The Morgan fingerprint density at radius 3 is 2.72 bits per heavy atom. The summed E-state index contributed by atoms with van der Waals surface area (Å²) < 4.78 is 4.68. The van der Waals surface area contributed by atoms with Crippen molar-refractivity contribution in [2.24, 2.45) is 5.73 Å². The fourth-order valence-electron chi connectivity index (χ4n) is 1.61. The average Bonchev–Trinajstić information content (AvgIpc) is 2.91. The van der Waals surface area contributed by atoms with E-state index in [0.717, 1.165) is 10.4 Å². The van der Waals surface area contributed by atoms with E-state index in [0.29, 0.717) is 5.56 Å². The highest BCUT2D eigenvalue weighted by Crippen LogP contribution is 2.24. The van der Waals surface area contributed by atoms with E-state index in [1.165, 1.54) is 7.11 Å². The van der Waals surface area contributed by atoms with Gasteiger partial charge >= 0.3 is 5.97 Å². The quantitative estimate of drug-likeness (QED) is 0.881. The molecule has 2 aromatic rings. The molecule has 1 atom stereocenters. The third-order valence-corrected chi connectivity index (χ3v) is 3.47. The van der Waals surface area contributed by atoms with Crippen LogP contribution in [-0.2, 0) is 4.74 Å². The molecule has 96 valence electrons. The Balaban J connectivity index is 0.00000162. The van der Waals surface area contributed by atoms with Gasteiger partial charge in [-0.15, -0.1) is 23.7 Å². The largest absolute Gasteiger partial charge is 0.465 e. The van der Waals surface area contributed by atoms with Gasteiger partial charge in [-0.25, -0.2) is 4.79 Å². The van der Waals surface area contributed by atoms with Crippen LogP contribution >= 0.6 is 23.7 Å². The van der Waals surface area contributed by atoms with E-state index in [1.807, 2.05) is 29.6 Å². The number of carbonyl (C=O) groups excluding carboxylic acids is 1. The van der Waals surface area contributed by atoms with Gasteiger partial charge in [0.2, 0.25) is 0 Å². The van der Waals surface area contributed by atoms with Crippen molar-refractivity contribution in [2.45, 2.75) is 6.04 Å². The Kier molecular flexibility index (Phi) is 5.34. The van der Waals surface area contributed by atoms with Crippen LogP contribution in [0.2, 0.25) is 0 Å². The molecule has 1 aromatic heterocycles. The molecule has 0 bridgehead atoms. The first-order valence-corrected chi connectivity index (χ1v) is 6.07. The van der Waals surface area contributed by atoms with Gasteiger partial charge in [0.15, 0.2) is 0 Å². The van der Waals surface area contributed by atoms with Gasteiger partial charge in [0.05, 0.1) is 18.7 Å². The van der Waals surface area contributed by atoms with E-state index in [9.17, 15) is 4.79 Å². The number of hydrogen-bond acceptors (Lipinski definition) is 4. The number of halogens is 1. The van der Waals surface area contributed by atoms with Crippen molar-refractivity contribution in [3.05, 3.63) is 57.8 Å². The zero-order valence-electron chi connectivity index (χ0n) is 9.83. The minimum atomic E-state index is -0.342. The molecule has 0 spiro atoms. The number of rotatable bonds is 3. The molecule has 0 amide bonds. The predicted molar refractivity (Wildman–Crippen MR) is 75.4 cm³/mol. The summed E-state index contributed by atoms with van der Waals surface area (Å²) in [5.41, 5.74) is 7.57. The van der Waals surface area contributed by atoms with Crippen LogP contribution in [0.15, 0.2) is 41.8 Å². The first-order chi connectivity index (χ1) is 8.22. The molecule has 2 rings (SSSR count). The van der Waals surface area contributed by atoms with Gasteiger partial charge < -0.3 is 10.5 Å². The molecule has 0 aliphatic heterocycles. The zero-order chi connectivity index (χ0) is 12.3. The van der Waals surface area contributed by atoms with Crippen LogP contribution in [0.4, 0.5) is 0 Å². The van der Waals surface area contributed by atoms with Crippen LogP contribution in [0, 0.1) is 0 Å². The second-order valence-corrected chi connectivity index (χ2v) is 4.59. The summed E-state index contributed by atoms with van der Waals surface area (Å²) in [4.78, 5) is 12.5. The molecule has 0 fully saturated rings. The van der Waals surface area contributed by atoms with Crippen molar-refractivity contribution >= 4 is 29.7 Å². The molecule has 0 aliphatic rings. The van der Waals surface area contributed by atoms with E-state index in [-0.39, 0.29) is 24.4 Å².